The van der Waals surface area contributed by atoms with E-state index in [9.17, 15) is 0 Å². The Morgan fingerprint density at radius 1 is 1.44 bits per heavy atom. The molecule has 4 nitrogen and oxygen atoms in total. The Bertz CT molecular complexity index is 367. The van der Waals surface area contributed by atoms with Crippen LogP contribution in [0.4, 0.5) is 11.4 Å². The average molecular weight is 221 g/mol. The Labute approximate surface area is 96.2 Å². The van der Waals surface area contributed by atoms with Crippen molar-refractivity contribution in [3.63, 3.8) is 0 Å². The molecule has 1 heterocycles. The number of nitrogen functional groups attached to an aromatic ring is 1. The highest BCUT2D eigenvalue weighted by Crippen LogP contribution is 2.29. The lowest BCUT2D eigenvalue weighted by Gasteiger charge is -2.33. The van der Waals surface area contributed by atoms with Gasteiger partial charge in [0, 0.05) is 25.2 Å². The van der Waals surface area contributed by atoms with Crippen molar-refractivity contribution in [1.82, 2.24) is 0 Å². The van der Waals surface area contributed by atoms with Crippen LogP contribution < -0.4 is 21.1 Å². The van der Waals surface area contributed by atoms with Gasteiger partial charge in [0.05, 0.1) is 18.5 Å². The molecule has 1 fully saturated rings. The fourth-order valence-electron chi connectivity index (χ4n) is 2.18. The first-order chi connectivity index (χ1) is 7.70. The van der Waals surface area contributed by atoms with Gasteiger partial charge in [-0.05, 0) is 25.0 Å². The van der Waals surface area contributed by atoms with Gasteiger partial charge >= 0.3 is 0 Å². The third-order valence-electron chi connectivity index (χ3n) is 3.03. The van der Waals surface area contributed by atoms with Gasteiger partial charge in [-0.1, -0.05) is 0 Å². The topological polar surface area (TPSA) is 64.5 Å². The lowest BCUT2D eigenvalue weighted by Crippen LogP contribution is -2.43. The number of ether oxygens (including phenoxy) is 1. The zero-order chi connectivity index (χ0) is 11.5. The molecule has 1 saturated heterocycles. The Balaban J connectivity index is 2.19. The molecule has 0 aliphatic carbocycles. The van der Waals surface area contributed by atoms with Crippen molar-refractivity contribution >= 4 is 11.4 Å². The Morgan fingerprint density at radius 3 is 2.88 bits per heavy atom. The van der Waals surface area contributed by atoms with Gasteiger partial charge < -0.3 is 21.1 Å². The lowest BCUT2D eigenvalue weighted by molar-refractivity contribution is 0.415. The standard InChI is InChI=1S/C12H19N3O/c1-16-10-4-5-12(11(14)7-10)15-6-2-3-9(13)8-15/h4-5,7,9H,2-3,6,8,13-14H2,1H3. The van der Waals surface area contributed by atoms with Crippen LogP contribution in [0.1, 0.15) is 12.8 Å². The van der Waals surface area contributed by atoms with Crippen molar-refractivity contribution in [3.8, 4) is 5.75 Å². The van der Waals surface area contributed by atoms with Gasteiger partial charge in [0.25, 0.3) is 0 Å². The third kappa shape index (κ3) is 2.22. The number of nitrogens with two attached hydrogens (primary N) is 2. The van der Waals surface area contributed by atoms with Gasteiger partial charge in [0.1, 0.15) is 5.75 Å². The predicted octanol–water partition coefficient (Wildman–Crippen LogP) is 1.20. The number of hydrogen-bond acceptors (Lipinski definition) is 4. The van der Waals surface area contributed by atoms with Gasteiger partial charge in [-0.2, -0.15) is 0 Å². The van der Waals surface area contributed by atoms with Gasteiger partial charge in [-0.15, -0.1) is 0 Å². The second kappa shape index (κ2) is 4.61. The number of nitrogens with zero attached hydrogens (tertiary/aromatic N) is 1. The van der Waals surface area contributed by atoms with Crippen molar-refractivity contribution in [2.24, 2.45) is 5.73 Å². The fourth-order valence-corrected chi connectivity index (χ4v) is 2.18. The van der Waals surface area contributed by atoms with Crippen LogP contribution in [0.2, 0.25) is 0 Å². The van der Waals surface area contributed by atoms with Gasteiger partial charge in [0.2, 0.25) is 0 Å². The number of piperidine rings is 1. The number of hydrogen-bond donors (Lipinski definition) is 2. The van der Waals surface area contributed by atoms with E-state index in [1.165, 1.54) is 0 Å². The van der Waals surface area contributed by atoms with Crippen LogP contribution in [0.25, 0.3) is 0 Å². The normalized spacial score (nSPS) is 20.9. The number of benzene rings is 1. The van der Waals surface area contributed by atoms with E-state index in [1.54, 1.807) is 7.11 Å². The Hall–Kier alpha value is -1.42. The molecule has 1 atom stereocenters. The van der Waals surface area contributed by atoms with E-state index in [2.05, 4.69) is 4.90 Å². The van der Waals surface area contributed by atoms with E-state index < -0.39 is 0 Å². The number of anilines is 2. The highest BCUT2D eigenvalue weighted by Gasteiger charge is 2.18. The molecule has 2 rings (SSSR count). The Morgan fingerprint density at radius 2 is 2.25 bits per heavy atom. The summed E-state index contributed by atoms with van der Waals surface area (Å²) in [7, 11) is 1.64. The molecule has 4 N–H and O–H groups in total. The molecule has 1 aromatic carbocycles. The van der Waals surface area contributed by atoms with Crippen LogP contribution >= 0.6 is 0 Å². The smallest absolute Gasteiger partial charge is 0.121 e. The quantitative estimate of drug-likeness (QED) is 0.737. The van der Waals surface area contributed by atoms with Crippen molar-refractivity contribution in [2.45, 2.75) is 18.9 Å². The lowest BCUT2D eigenvalue weighted by atomic mass is 10.1. The minimum Gasteiger partial charge on any atom is -0.497 e. The molecule has 0 amide bonds. The van der Waals surface area contributed by atoms with Crippen molar-refractivity contribution in [2.75, 3.05) is 30.8 Å². The van der Waals surface area contributed by atoms with E-state index in [0.717, 1.165) is 43.1 Å². The monoisotopic (exact) mass is 221 g/mol. The molecule has 16 heavy (non-hydrogen) atoms. The first-order valence-corrected chi connectivity index (χ1v) is 5.64. The van der Waals surface area contributed by atoms with Gasteiger partial charge in [0.15, 0.2) is 0 Å². The van der Waals surface area contributed by atoms with Crippen molar-refractivity contribution < 1.29 is 4.74 Å². The zero-order valence-corrected chi connectivity index (χ0v) is 9.65. The molecular formula is C12H19N3O. The first-order valence-electron chi connectivity index (χ1n) is 5.64. The molecule has 0 spiro atoms. The largest absolute Gasteiger partial charge is 0.497 e. The molecule has 1 aliphatic rings. The van der Waals surface area contributed by atoms with E-state index in [1.807, 2.05) is 18.2 Å². The van der Waals surface area contributed by atoms with E-state index >= 15 is 0 Å². The summed E-state index contributed by atoms with van der Waals surface area (Å²) in [4.78, 5) is 2.25. The molecule has 1 unspecified atom stereocenters. The molecular weight excluding hydrogens is 202 g/mol. The first kappa shape index (κ1) is 11.1. The maximum Gasteiger partial charge on any atom is 0.121 e. The van der Waals surface area contributed by atoms with Crippen LogP contribution in [0.5, 0.6) is 5.75 Å². The minimum atomic E-state index is 0.259. The van der Waals surface area contributed by atoms with Crippen LogP contribution in [0.15, 0.2) is 18.2 Å². The summed E-state index contributed by atoms with van der Waals surface area (Å²) >= 11 is 0. The average Bonchev–Trinajstić information content (AvgIpc) is 2.28. The number of methoxy groups -OCH3 is 1. The predicted molar refractivity (Wildman–Crippen MR) is 66.8 cm³/mol. The summed E-state index contributed by atoms with van der Waals surface area (Å²) < 4.78 is 5.14. The molecule has 0 aromatic heterocycles. The van der Waals surface area contributed by atoms with Crippen molar-refractivity contribution in [1.29, 1.82) is 0 Å². The molecule has 0 bridgehead atoms. The summed E-state index contributed by atoms with van der Waals surface area (Å²) in [6.45, 7) is 1.92. The van der Waals surface area contributed by atoms with E-state index in [0.29, 0.717) is 0 Å². The summed E-state index contributed by atoms with van der Waals surface area (Å²) in [6.07, 6.45) is 2.24. The molecule has 1 aliphatic heterocycles. The van der Waals surface area contributed by atoms with E-state index in [-0.39, 0.29) is 6.04 Å². The summed E-state index contributed by atoms with van der Waals surface area (Å²) in [5.74, 6) is 0.794. The van der Waals surface area contributed by atoms with Crippen LogP contribution in [-0.4, -0.2) is 26.2 Å². The molecule has 88 valence electrons. The van der Waals surface area contributed by atoms with Crippen LogP contribution in [0, 0.1) is 0 Å². The third-order valence-corrected chi connectivity index (χ3v) is 3.03. The summed E-state index contributed by atoms with van der Waals surface area (Å²) in [5, 5.41) is 0. The maximum absolute atomic E-state index is 6.01. The zero-order valence-electron chi connectivity index (χ0n) is 9.65. The van der Waals surface area contributed by atoms with Crippen molar-refractivity contribution in [3.05, 3.63) is 18.2 Å². The summed E-state index contributed by atoms with van der Waals surface area (Å²) in [5.41, 5.74) is 13.8. The highest BCUT2D eigenvalue weighted by molar-refractivity contribution is 5.69. The van der Waals surface area contributed by atoms with Crippen LogP contribution in [0.3, 0.4) is 0 Å². The number of rotatable bonds is 2. The fraction of sp³-hybridized carbons (Fsp3) is 0.500. The molecule has 0 saturated carbocycles. The summed E-state index contributed by atoms with van der Waals surface area (Å²) in [6, 6.07) is 6.06. The second-order valence-electron chi connectivity index (χ2n) is 4.27. The molecule has 0 radical (unpaired) electrons. The van der Waals surface area contributed by atoms with E-state index in [4.69, 9.17) is 16.2 Å². The highest BCUT2D eigenvalue weighted by atomic mass is 16.5. The minimum absolute atomic E-state index is 0.259. The SMILES string of the molecule is COc1ccc(N2CCCC(N)C2)c(N)c1. The molecule has 1 aromatic rings. The van der Waals surface area contributed by atoms with Crippen LogP contribution in [-0.2, 0) is 0 Å². The maximum atomic E-state index is 6.01. The molecule has 4 heteroatoms. The van der Waals surface area contributed by atoms with Gasteiger partial charge in [-0.25, -0.2) is 0 Å². The van der Waals surface area contributed by atoms with Gasteiger partial charge in [-0.3, -0.25) is 0 Å². The Kier molecular flexibility index (Phi) is 3.19. The second-order valence-corrected chi connectivity index (χ2v) is 4.27.